The third-order valence-electron chi connectivity index (χ3n) is 4.05. The van der Waals surface area contributed by atoms with Crippen molar-refractivity contribution in [3.63, 3.8) is 0 Å². The maximum atomic E-state index is 6.28. The molecule has 2 rings (SSSR count). The van der Waals surface area contributed by atoms with Gasteiger partial charge in [0.15, 0.2) is 0 Å². The maximum Gasteiger partial charge on any atom is 0.0224 e. The fourth-order valence-electron chi connectivity index (χ4n) is 2.54. The monoisotopic (exact) mass is 182 g/mol. The fraction of sp³-hybridized carbons (Fsp3) is 1.00. The predicted octanol–water partition coefficient (Wildman–Crippen LogP) is 1.60. The quantitative estimate of drug-likeness (QED) is 0.718. The van der Waals surface area contributed by atoms with Gasteiger partial charge in [-0.15, -0.1) is 0 Å². The van der Waals surface area contributed by atoms with Crippen LogP contribution in [-0.2, 0) is 0 Å². The molecule has 1 unspecified atom stereocenters. The largest absolute Gasteiger partial charge is 0.325 e. The molecule has 0 bridgehead atoms. The van der Waals surface area contributed by atoms with E-state index >= 15 is 0 Å². The van der Waals surface area contributed by atoms with Gasteiger partial charge in [0, 0.05) is 5.54 Å². The van der Waals surface area contributed by atoms with Gasteiger partial charge in [0.1, 0.15) is 0 Å². The van der Waals surface area contributed by atoms with Crippen LogP contribution >= 0.6 is 0 Å². The summed E-state index contributed by atoms with van der Waals surface area (Å²) in [4.78, 5) is 2.56. The summed E-state index contributed by atoms with van der Waals surface area (Å²) in [6.07, 6.45) is 5.19. The molecule has 2 heteroatoms. The van der Waals surface area contributed by atoms with Crippen molar-refractivity contribution in [2.24, 2.45) is 11.1 Å². The Labute approximate surface area is 81.5 Å². The fourth-order valence-corrected chi connectivity index (χ4v) is 2.54. The van der Waals surface area contributed by atoms with Crippen LogP contribution in [0.15, 0.2) is 0 Å². The van der Waals surface area contributed by atoms with E-state index in [0.29, 0.717) is 5.41 Å². The maximum absolute atomic E-state index is 6.28. The van der Waals surface area contributed by atoms with Crippen LogP contribution in [0, 0.1) is 5.41 Å². The van der Waals surface area contributed by atoms with Crippen molar-refractivity contribution in [1.82, 2.24) is 4.90 Å². The summed E-state index contributed by atoms with van der Waals surface area (Å²) in [5, 5.41) is 0. The molecule has 1 aliphatic carbocycles. The molecule has 2 N–H and O–H groups in total. The second-order valence-corrected chi connectivity index (χ2v) is 5.52. The van der Waals surface area contributed by atoms with E-state index in [1.165, 1.54) is 45.3 Å². The summed E-state index contributed by atoms with van der Waals surface area (Å²) in [7, 11) is 0. The van der Waals surface area contributed by atoms with E-state index < -0.39 is 0 Å². The standard InChI is InChI=1S/C11H22N2/c1-10(2)9-11(10,12)5-8-13-6-3-4-7-13/h3-9,12H2,1-2H3. The molecule has 1 aliphatic heterocycles. The van der Waals surface area contributed by atoms with Crippen molar-refractivity contribution in [1.29, 1.82) is 0 Å². The van der Waals surface area contributed by atoms with Crippen LogP contribution in [0.5, 0.6) is 0 Å². The van der Waals surface area contributed by atoms with E-state index in [1.54, 1.807) is 0 Å². The second-order valence-electron chi connectivity index (χ2n) is 5.52. The molecule has 0 amide bonds. The first-order valence-corrected chi connectivity index (χ1v) is 5.55. The lowest BCUT2D eigenvalue weighted by molar-refractivity contribution is 0.304. The minimum absolute atomic E-state index is 0.162. The van der Waals surface area contributed by atoms with Crippen LogP contribution in [0.3, 0.4) is 0 Å². The zero-order valence-electron chi connectivity index (χ0n) is 8.97. The molecular formula is C11H22N2. The third-order valence-corrected chi connectivity index (χ3v) is 4.05. The molecule has 0 spiro atoms. The van der Waals surface area contributed by atoms with Crippen LogP contribution in [0.4, 0.5) is 0 Å². The van der Waals surface area contributed by atoms with E-state index in [1.807, 2.05) is 0 Å². The van der Waals surface area contributed by atoms with E-state index in [0.717, 1.165) is 0 Å². The van der Waals surface area contributed by atoms with Gasteiger partial charge in [0.25, 0.3) is 0 Å². The minimum Gasteiger partial charge on any atom is -0.325 e. The molecule has 0 aromatic carbocycles. The first-order valence-electron chi connectivity index (χ1n) is 5.55. The van der Waals surface area contributed by atoms with Crippen LogP contribution in [0.1, 0.15) is 39.5 Å². The lowest BCUT2D eigenvalue weighted by atomic mass is 10.0. The topological polar surface area (TPSA) is 29.3 Å². The number of likely N-dealkylation sites (tertiary alicyclic amines) is 1. The van der Waals surface area contributed by atoms with E-state index in [9.17, 15) is 0 Å². The highest BCUT2D eigenvalue weighted by molar-refractivity contribution is 5.14. The molecule has 1 saturated carbocycles. The highest BCUT2D eigenvalue weighted by Crippen LogP contribution is 2.55. The number of nitrogens with two attached hydrogens (primary N) is 1. The molecule has 76 valence electrons. The smallest absolute Gasteiger partial charge is 0.0224 e. The van der Waals surface area contributed by atoms with Crippen molar-refractivity contribution in [3.05, 3.63) is 0 Å². The van der Waals surface area contributed by atoms with Gasteiger partial charge in [0.05, 0.1) is 0 Å². The highest BCUT2D eigenvalue weighted by Gasteiger charge is 2.57. The van der Waals surface area contributed by atoms with Crippen molar-refractivity contribution >= 4 is 0 Å². The van der Waals surface area contributed by atoms with Gasteiger partial charge in [-0.1, -0.05) is 13.8 Å². The first-order chi connectivity index (χ1) is 6.04. The van der Waals surface area contributed by atoms with E-state index in [2.05, 4.69) is 18.7 Å². The van der Waals surface area contributed by atoms with Gasteiger partial charge in [0.2, 0.25) is 0 Å². The summed E-state index contributed by atoms with van der Waals surface area (Å²) in [6, 6.07) is 0. The summed E-state index contributed by atoms with van der Waals surface area (Å²) >= 11 is 0. The molecule has 2 aliphatic rings. The lowest BCUT2D eigenvalue weighted by Gasteiger charge is -2.20. The molecule has 13 heavy (non-hydrogen) atoms. The Morgan fingerprint density at radius 1 is 1.23 bits per heavy atom. The van der Waals surface area contributed by atoms with Gasteiger partial charge in [-0.3, -0.25) is 0 Å². The van der Waals surface area contributed by atoms with Crippen LogP contribution in [-0.4, -0.2) is 30.1 Å². The average Bonchev–Trinajstić information content (AvgIpc) is 2.53. The number of hydrogen-bond donors (Lipinski definition) is 1. The Balaban J connectivity index is 1.74. The molecule has 0 aromatic heterocycles. The molecule has 0 aromatic rings. The lowest BCUT2D eigenvalue weighted by Crippen LogP contribution is -2.33. The highest BCUT2D eigenvalue weighted by atomic mass is 15.1. The van der Waals surface area contributed by atoms with Crippen molar-refractivity contribution in [2.45, 2.75) is 45.1 Å². The summed E-state index contributed by atoms with van der Waals surface area (Å²) in [5.74, 6) is 0. The summed E-state index contributed by atoms with van der Waals surface area (Å²) in [5.41, 5.74) is 6.85. The zero-order chi connectivity index (χ0) is 9.53. The van der Waals surface area contributed by atoms with E-state index in [-0.39, 0.29) is 5.54 Å². The van der Waals surface area contributed by atoms with Crippen molar-refractivity contribution in [3.8, 4) is 0 Å². The van der Waals surface area contributed by atoms with Gasteiger partial charge < -0.3 is 10.6 Å². The molecule has 0 radical (unpaired) electrons. The molecule has 1 heterocycles. The molecule has 2 nitrogen and oxygen atoms in total. The Morgan fingerprint density at radius 3 is 2.23 bits per heavy atom. The normalized spacial score (nSPS) is 38.1. The predicted molar refractivity (Wildman–Crippen MR) is 55.6 cm³/mol. The van der Waals surface area contributed by atoms with E-state index in [4.69, 9.17) is 5.73 Å². The van der Waals surface area contributed by atoms with Gasteiger partial charge in [-0.25, -0.2) is 0 Å². The average molecular weight is 182 g/mol. The SMILES string of the molecule is CC1(C)CC1(N)CCN1CCCC1. The molecular weight excluding hydrogens is 160 g/mol. The van der Waals surface area contributed by atoms with Crippen molar-refractivity contribution in [2.75, 3.05) is 19.6 Å². The first kappa shape index (κ1) is 9.47. The van der Waals surface area contributed by atoms with Crippen molar-refractivity contribution < 1.29 is 0 Å². The Kier molecular flexibility index (Phi) is 2.16. The van der Waals surface area contributed by atoms with Crippen LogP contribution < -0.4 is 5.73 Å². The van der Waals surface area contributed by atoms with Gasteiger partial charge in [-0.2, -0.15) is 0 Å². The molecule has 1 atom stereocenters. The Morgan fingerprint density at radius 2 is 1.77 bits per heavy atom. The third kappa shape index (κ3) is 1.75. The van der Waals surface area contributed by atoms with Crippen LogP contribution in [0.25, 0.3) is 0 Å². The number of hydrogen-bond acceptors (Lipinski definition) is 2. The minimum atomic E-state index is 0.162. The summed E-state index contributed by atoms with van der Waals surface area (Å²) < 4.78 is 0. The number of nitrogens with zero attached hydrogens (tertiary/aromatic N) is 1. The van der Waals surface area contributed by atoms with Gasteiger partial charge >= 0.3 is 0 Å². The van der Waals surface area contributed by atoms with Gasteiger partial charge in [-0.05, 0) is 50.7 Å². The second kappa shape index (κ2) is 2.96. The molecule has 2 fully saturated rings. The zero-order valence-corrected chi connectivity index (χ0v) is 8.97. The summed E-state index contributed by atoms with van der Waals surface area (Å²) in [6.45, 7) is 8.40. The van der Waals surface area contributed by atoms with Crippen LogP contribution in [0.2, 0.25) is 0 Å². The number of rotatable bonds is 3. The Hall–Kier alpha value is -0.0800. The molecule has 1 saturated heterocycles. The Bertz CT molecular complexity index is 194.